The maximum Gasteiger partial charge on any atom is 0.410 e. The van der Waals surface area contributed by atoms with Crippen LogP contribution in [0.2, 0.25) is 0 Å². The van der Waals surface area contributed by atoms with Gasteiger partial charge in [0.15, 0.2) is 0 Å². The standard InChI is InChI=1S/C29H35N5O5/c1-29(2,3)39-28(36)33-12-10-20(11-13-33)38-22-15-21(16-22)37-14-6-7-19-17-34-18-24(31-27(34)32-26(19)30)23-8-4-5-9-25(23)35/h4-5,8-9,17-18,20-22,35H,10-16H2,1-3H3,(H2,30,31,32)/t21-,22-. The van der Waals surface area contributed by atoms with Crippen molar-refractivity contribution in [2.75, 3.05) is 25.4 Å². The molecule has 0 bridgehead atoms. The number of phenols is 1. The van der Waals surface area contributed by atoms with E-state index in [0.717, 1.165) is 25.7 Å². The maximum atomic E-state index is 12.2. The zero-order chi connectivity index (χ0) is 27.6. The third kappa shape index (κ3) is 6.61. The fourth-order valence-electron chi connectivity index (χ4n) is 4.68. The molecule has 0 radical (unpaired) electrons. The SMILES string of the molecule is CC(C)(C)OC(=O)N1CCC(O[C@H]2C[C@H](OCC#Cc3cn4cc(-c5ccccc5O)nc4nc3N)C2)CC1. The van der Waals surface area contributed by atoms with Crippen molar-refractivity contribution in [2.45, 2.75) is 70.4 Å². The minimum Gasteiger partial charge on any atom is -0.507 e. The quantitative estimate of drug-likeness (QED) is 0.472. The molecule has 0 atom stereocenters. The summed E-state index contributed by atoms with van der Waals surface area (Å²) in [7, 11) is 0. The van der Waals surface area contributed by atoms with Gasteiger partial charge in [-0.15, -0.1) is 0 Å². The molecule has 1 aromatic carbocycles. The lowest BCUT2D eigenvalue weighted by Gasteiger charge is -2.39. The Morgan fingerprint density at radius 1 is 1.10 bits per heavy atom. The summed E-state index contributed by atoms with van der Waals surface area (Å²) in [4.78, 5) is 22.8. The number of aromatic hydroxyl groups is 1. The van der Waals surface area contributed by atoms with Crippen molar-refractivity contribution >= 4 is 17.7 Å². The number of nitrogens with zero attached hydrogens (tertiary/aromatic N) is 4. The Hall–Kier alpha value is -3.81. The van der Waals surface area contributed by atoms with Crippen LogP contribution in [0, 0.1) is 11.8 Å². The van der Waals surface area contributed by atoms with E-state index in [1.807, 2.05) is 26.8 Å². The van der Waals surface area contributed by atoms with Crippen LogP contribution in [0.5, 0.6) is 5.75 Å². The highest BCUT2D eigenvalue weighted by Gasteiger charge is 2.34. The topological polar surface area (TPSA) is 124 Å². The first kappa shape index (κ1) is 26.8. The number of aromatic nitrogens is 3. The number of benzene rings is 1. The number of rotatable bonds is 5. The lowest BCUT2D eigenvalue weighted by Crippen LogP contribution is -2.46. The summed E-state index contributed by atoms with van der Waals surface area (Å²) in [5.41, 5.74) is 7.43. The predicted octanol–water partition coefficient (Wildman–Crippen LogP) is 4.00. The maximum absolute atomic E-state index is 12.2. The van der Waals surface area contributed by atoms with Crippen molar-refractivity contribution in [1.29, 1.82) is 0 Å². The van der Waals surface area contributed by atoms with Crippen molar-refractivity contribution in [3.63, 3.8) is 0 Å². The molecule has 2 aliphatic rings. The fraction of sp³-hybridized carbons (Fsp3) is 0.483. The molecule has 1 saturated carbocycles. The second kappa shape index (κ2) is 11.1. The molecule has 3 heterocycles. The van der Waals surface area contributed by atoms with Crippen LogP contribution in [0.25, 0.3) is 17.0 Å². The molecule has 1 aliphatic heterocycles. The molecular formula is C29H35N5O5. The van der Waals surface area contributed by atoms with E-state index < -0.39 is 5.60 Å². The Morgan fingerprint density at radius 3 is 2.56 bits per heavy atom. The highest BCUT2D eigenvalue weighted by Crippen LogP contribution is 2.30. The number of nitrogens with two attached hydrogens (primary N) is 1. The van der Waals surface area contributed by atoms with Gasteiger partial charge in [-0.2, -0.15) is 4.98 Å². The molecule has 2 fully saturated rings. The number of hydrogen-bond acceptors (Lipinski definition) is 8. The number of fused-ring (bicyclic) bond motifs is 1. The lowest BCUT2D eigenvalue weighted by atomic mass is 9.91. The number of carbonyl (C=O) groups excluding carboxylic acids is 1. The van der Waals surface area contributed by atoms with Crippen LogP contribution in [0.3, 0.4) is 0 Å². The third-order valence-corrected chi connectivity index (χ3v) is 6.80. The molecule has 39 heavy (non-hydrogen) atoms. The first-order valence-corrected chi connectivity index (χ1v) is 13.3. The summed E-state index contributed by atoms with van der Waals surface area (Å²) in [6, 6.07) is 7.01. The average molecular weight is 534 g/mol. The lowest BCUT2D eigenvalue weighted by molar-refractivity contribution is -0.130. The highest BCUT2D eigenvalue weighted by molar-refractivity contribution is 5.69. The van der Waals surface area contributed by atoms with E-state index in [1.165, 1.54) is 0 Å². The van der Waals surface area contributed by atoms with Gasteiger partial charge >= 0.3 is 6.09 Å². The van der Waals surface area contributed by atoms with Gasteiger partial charge in [0, 0.05) is 43.9 Å². The summed E-state index contributed by atoms with van der Waals surface area (Å²) in [5, 5.41) is 10.1. The number of phenolic OH excluding ortho intramolecular Hbond substituents is 1. The summed E-state index contributed by atoms with van der Waals surface area (Å²) >= 11 is 0. The number of imidazole rings is 1. The molecule has 10 heteroatoms. The number of nitrogen functional groups attached to an aromatic ring is 1. The molecule has 3 aromatic rings. The van der Waals surface area contributed by atoms with Gasteiger partial charge in [-0.25, -0.2) is 9.78 Å². The van der Waals surface area contributed by atoms with Gasteiger partial charge in [-0.05, 0) is 45.7 Å². The monoisotopic (exact) mass is 533 g/mol. The fourth-order valence-corrected chi connectivity index (χ4v) is 4.68. The molecule has 3 N–H and O–H groups in total. The molecular weight excluding hydrogens is 498 g/mol. The Morgan fingerprint density at radius 2 is 1.85 bits per heavy atom. The molecule has 206 valence electrons. The number of carbonyl (C=O) groups is 1. The van der Waals surface area contributed by atoms with Crippen molar-refractivity contribution in [2.24, 2.45) is 0 Å². The van der Waals surface area contributed by atoms with Crippen molar-refractivity contribution in [3.8, 4) is 28.8 Å². The van der Waals surface area contributed by atoms with Gasteiger partial charge in [0.2, 0.25) is 5.78 Å². The van der Waals surface area contributed by atoms with Crippen LogP contribution in [0.1, 0.15) is 52.0 Å². The average Bonchev–Trinajstić information content (AvgIpc) is 3.26. The first-order chi connectivity index (χ1) is 18.6. The highest BCUT2D eigenvalue weighted by atomic mass is 16.6. The van der Waals surface area contributed by atoms with Gasteiger partial charge in [-0.3, -0.25) is 4.40 Å². The number of likely N-dealkylation sites (tertiary alicyclic amines) is 1. The Kier molecular flexibility index (Phi) is 7.64. The minimum atomic E-state index is -0.481. The third-order valence-electron chi connectivity index (χ3n) is 6.80. The summed E-state index contributed by atoms with van der Waals surface area (Å²) < 4.78 is 19.3. The van der Waals surface area contributed by atoms with Gasteiger partial charge in [0.05, 0.1) is 29.6 Å². The van der Waals surface area contributed by atoms with E-state index in [0.29, 0.717) is 41.5 Å². The predicted molar refractivity (Wildman–Crippen MR) is 146 cm³/mol. The van der Waals surface area contributed by atoms with Gasteiger partial charge in [0.25, 0.3) is 0 Å². The van der Waals surface area contributed by atoms with Gasteiger partial charge < -0.3 is 30.0 Å². The molecule has 10 nitrogen and oxygen atoms in total. The number of hydrogen-bond donors (Lipinski definition) is 2. The number of ether oxygens (including phenoxy) is 3. The molecule has 1 aliphatic carbocycles. The minimum absolute atomic E-state index is 0.124. The van der Waals surface area contributed by atoms with E-state index in [1.54, 1.807) is 39.9 Å². The van der Waals surface area contributed by atoms with E-state index in [9.17, 15) is 9.90 Å². The van der Waals surface area contributed by atoms with Crippen LogP contribution in [-0.4, -0.2) is 74.1 Å². The molecule has 1 amide bonds. The van der Waals surface area contributed by atoms with E-state index in [-0.39, 0.29) is 36.8 Å². The zero-order valence-electron chi connectivity index (χ0n) is 22.6. The second-order valence-electron chi connectivity index (χ2n) is 11.0. The first-order valence-electron chi connectivity index (χ1n) is 13.3. The molecule has 2 aromatic heterocycles. The van der Waals surface area contributed by atoms with E-state index in [2.05, 4.69) is 21.8 Å². The van der Waals surface area contributed by atoms with Gasteiger partial charge in [-0.1, -0.05) is 24.0 Å². The largest absolute Gasteiger partial charge is 0.507 e. The van der Waals surface area contributed by atoms with Crippen LogP contribution in [-0.2, 0) is 14.2 Å². The van der Waals surface area contributed by atoms with Crippen LogP contribution in [0.15, 0.2) is 36.7 Å². The van der Waals surface area contributed by atoms with E-state index >= 15 is 0 Å². The number of amides is 1. The molecule has 0 spiro atoms. The number of para-hydroxylation sites is 1. The number of anilines is 1. The molecule has 1 saturated heterocycles. The van der Waals surface area contributed by atoms with Crippen LogP contribution >= 0.6 is 0 Å². The van der Waals surface area contributed by atoms with Gasteiger partial charge in [0.1, 0.15) is 23.8 Å². The Bertz CT molecular complexity index is 1390. The summed E-state index contributed by atoms with van der Waals surface area (Å²) in [6.07, 6.45) is 7.10. The van der Waals surface area contributed by atoms with Crippen LogP contribution < -0.4 is 5.73 Å². The summed E-state index contributed by atoms with van der Waals surface area (Å²) in [6.45, 7) is 7.23. The number of piperidine rings is 1. The Labute approximate surface area is 228 Å². The van der Waals surface area contributed by atoms with Crippen molar-refractivity contribution < 1.29 is 24.1 Å². The van der Waals surface area contributed by atoms with Crippen molar-refractivity contribution in [3.05, 3.63) is 42.2 Å². The van der Waals surface area contributed by atoms with Crippen molar-refractivity contribution in [1.82, 2.24) is 19.3 Å². The normalized spacial score (nSPS) is 19.8. The second-order valence-corrected chi connectivity index (χ2v) is 11.0. The van der Waals surface area contributed by atoms with Crippen LogP contribution in [0.4, 0.5) is 10.6 Å². The smallest absolute Gasteiger partial charge is 0.410 e. The molecule has 0 unspecified atom stereocenters. The zero-order valence-corrected chi connectivity index (χ0v) is 22.6. The molecule has 5 rings (SSSR count). The van der Waals surface area contributed by atoms with E-state index in [4.69, 9.17) is 19.9 Å². The Balaban J connectivity index is 1.05. The summed E-state index contributed by atoms with van der Waals surface area (Å²) in [5.74, 6) is 6.94.